The lowest BCUT2D eigenvalue weighted by atomic mass is 10.1. The smallest absolute Gasteiger partial charge is 0.207 e. The highest BCUT2D eigenvalue weighted by atomic mass is 79.9. The highest BCUT2D eigenvalue weighted by molar-refractivity contribution is 9.11. The molecule has 2 aromatic rings. The van der Waals surface area contributed by atoms with Crippen LogP contribution < -0.4 is 4.72 Å². The number of hydrogen-bond acceptors (Lipinski definition) is 3. The molecule has 21 heavy (non-hydrogen) atoms. The van der Waals surface area contributed by atoms with Crippen LogP contribution in [0.5, 0.6) is 0 Å². The Kier molecular flexibility index (Phi) is 5.39. The quantitative estimate of drug-likeness (QED) is 0.730. The molecule has 1 N–H and O–H groups in total. The van der Waals surface area contributed by atoms with E-state index in [1.54, 1.807) is 38.1 Å². The minimum atomic E-state index is -3.59. The average molecular weight is 429 g/mol. The zero-order valence-electron chi connectivity index (χ0n) is 11.2. The van der Waals surface area contributed by atoms with E-state index in [1.165, 1.54) is 11.3 Å². The van der Waals surface area contributed by atoms with Crippen LogP contribution in [0.1, 0.15) is 23.4 Å². The van der Waals surface area contributed by atoms with Crippen molar-refractivity contribution in [3.8, 4) is 0 Å². The van der Waals surface area contributed by atoms with Gasteiger partial charge in [0.1, 0.15) is 0 Å². The second-order valence-corrected chi connectivity index (χ2v) is 9.62. The SMILES string of the molecule is Cc1sc(Br)cc1S(=O)(=O)NC(C)c1ccc(Cl)c(Cl)c1. The van der Waals surface area contributed by atoms with Crippen molar-refractivity contribution in [2.45, 2.75) is 24.8 Å². The van der Waals surface area contributed by atoms with Gasteiger partial charge in [0, 0.05) is 10.9 Å². The Hall–Kier alpha value is -0.110. The van der Waals surface area contributed by atoms with E-state index >= 15 is 0 Å². The molecule has 1 aromatic carbocycles. The maximum absolute atomic E-state index is 12.4. The van der Waals surface area contributed by atoms with Gasteiger partial charge < -0.3 is 0 Å². The molecule has 0 saturated carbocycles. The molecule has 1 heterocycles. The number of halogens is 3. The van der Waals surface area contributed by atoms with Crippen molar-refractivity contribution in [1.29, 1.82) is 0 Å². The van der Waals surface area contributed by atoms with E-state index < -0.39 is 16.1 Å². The standard InChI is InChI=1S/C13H12BrCl2NO2S2/c1-7(9-3-4-10(15)11(16)5-9)17-21(18,19)12-6-13(14)20-8(12)2/h3-7,17H,1-2H3. The second-order valence-electron chi connectivity index (χ2n) is 4.49. The van der Waals surface area contributed by atoms with Crippen molar-refractivity contribution in [1.82, 2.24) is 4.72 Å². The van der Waals surface area contributed by atoms with Crippen LogP contribution in [0.2, 0.25) is 10.0 Å². The second kappa shape index (κ2) is 6.56. The van der Waals surface area contributed by atoms with E-state index in [4.69, 9.17) is 23.2 Å². The molecule has 1 aromatic heterocycles. The first-order valence-corrected chi connectivity index (χ1v) is 9.79. The van der Waals surface area contributed by atoms with Gasteiger partial charge in [0.25, 0.3) is 0 Å². The molecule has 8 heteroatoms. The third-order valence-electron chi connectivity index (χ3n) is 2.91. The summed E-state index contributed by atoms with van der Waals surface area (Å²) in [6.45, 7) is 3.53. The molecule has 114 valence electrons. The van der Waals surface area contributed by atoms with Gasteiger partial charge in [0.15, 0.2) is 0 Å². The fourth-order valence-corrected chi connectivity index (χ4v) is 5.80. The van der Waals surface area contributed by atoms with Gasteiger partial charge in [-0.05, 0) is 53.5 Å². The van der Waals surface area contributed by atoms with Crippen molar-refractivity contribution in [2.24, 2.45) is 0 Å². The Morgan fingerprint density at radius 3 is 2.43 bits per heavy atom. The monoisotopic (exact) mass is 427 g/mol. The molecular formula is C13H12BrCl2NO2S2. The van der Waals surface area contributed by atoms with E-state index in [9.17, 15) is 8.42 Å². The van der Waals surface area contributed by atoms with Gasteiger partial charge in [-0.25, -0.2) is 13.1 Å². The van der Waals surface area contributed by atoms with Crippen LogP contribution in [0, 0.1) is 6.92 Å². The van der Waals surface area contributed by atoms with E-state index in [0.29, 0.717) is 10.0 Å². The Labute approximate surface area is 146 Å². The Bertz CT molecular complexity index is 774. The Balaban J connectivity index is 2.27. The van der Waals surface area contributed by atoms with Gasteiger partial charge in [0.2, 0.25) is 10.0 Å². The molecule has 0 aliphatic carbocycles. The molecule has 3 nitrogen and oxygen atoms in total. The van der Waals surface area contributed by atoms with Gasteiger partial charge in [-0.15, -0.1) is 11.3 Å². The molecule has 1 unspecified atom stereocenters. The van der Waals surface area contributed by atoms with E-state index in [-0.39, 0.29) is 4.90 Å². The number of benzene rings is 1. The van der Waals surface area contributed by atoms with Crippen molar-refractivity contribution in [2.75, 3.05) is 0 Å². The van der Waals surface area contributed by atoms with Crippen LogP contribution in [0.4, 0.5) is 0 Å². The molecule has 0 spiro atoms. The van der Waals surface area contributed by atoms with Gasteiger partial charge >= 0.3 is 0 Å². The van der Waals surface area contributed by atoms with Crippen LogP contribution in [0.15, 0.2) is 32.9 Å². The van der Waals surface area contributed by atoms with E-state index in [0.717, 1.165) is 14.2 Å². The van der Waals surface area contributed by atoms with Crippen molar-refractivity contribution in [3.63, 3.8) is 0 Å². The number of rotatable bonds is 4. The molecule has 0 aliphatic heterocycles. The predicted molar refractivity (Wildman–Crippen MR) is 92.0 cm³/mol. The summed E-state index contributed by atoms with van der Waals surface area (Å²) in [5.41, 5.74) is 0.750. The minimum absolute atomic E-state index is 0.284. The van der Waals surface area contributed by atoms with Gasteiger partial charge in [-0.3, -0.25) is 0 Å². The number of aryl methyl sites for hydroxylation is 1. The first-order chi connectivity index (χ1) is 9.70. The lowest BCUT2D eigenvalue weighted by molar-refractivity contribution is 0.567. The van der Waals surface area contributed by atoms with Crippen LogP contribution >= 0.6 is 50.5 Å². The third-order valence-corrected chi connectivity index (χ3v) is 7.00. The Morgan fingerprint density at radius 1 is 1.24 bits per heavy atom. The van der Waals surface area contributed by atoms with Crippen molar-refractivity contribution < 1.29 is 8.42 Å². The summed E-state index contributed by atoms with van der Waals surface area (Å²) in [6.07, 6.45) is 0. The van der Waals surface area contributed by atoms with E-state index in [1.807, 2.05) is 0 Å². The fraction of sp³-hybridized carbons (Fsp3) is 0.231. The summed E-state index contributed by atoms with van der Waals surface area (Å²) in [5.74, 6) is 0. The normalized spacial score (nSPS) is 13.4. The number of sulfonamides is 1. The highest BCUT2D eigenvalue weighted by Gasteiger charge is 2.22. The largest absolute Gasteiger partial charge is 0.242 e. The van der Waals surface area contributed by atoms with Crippen LogP contribution in [-0.4, -0.2) is 8.42 Å². The van der Waals surface area contributed by atoms with Gasteiger partial charge in [0.05, 0.1) is 18.7 Å². The molecule has 0 saturated heterocycles. The highest BCUT2D eigenvalue weighted by Crippen LogP contribution is 2.31. The summed E-state index contributed by atoms with van der Waals surface area (Å²) in [4.78, 5) is 1.02. The summed E-state index contributed by atoms with van der Waals surface area (Å²) >= 11 is 16.5. The summed E-state index contributed by atoms with van der Waals surface area (Å²) in [6, 6.07) is 6.24. The minimum Gasteiger partial charge on any atom is -0.207 e. The first-order valence-electron chi connectivity index (χ1n) is 5.94. The first kappa shape index (κ1) is 17.2. The van der Waals surface area contributed by atoms with Crippen LogP contribution in [-0.2, 0) is 10.0 Å². The van der Waals surface area contributed by atoms with Crippen molar-refractivity contribution >= 4 is 60.5 Å². The van der Waals surface area contributed by atoms with E-state index in [2.05, 4.69) is 20.7 Å². The topological polar surface area (TPSA) is 46.2 Å². The lowest BCUT2D eigenvalue weighted by Crippen LogP contribution is -2.27. The predicted octanol–water partition coefficient (Wildman–Crippen LogP) is 5.17. The molecule has 0 radical (unpaired) electrons. The average Bonchev–Trinajstić information content (AvgIpc) is 2.72. The molecule has 0 bridgehead atoms. The molecule has 1 atom stereocenters. The van der Waals surface area contributed by atoms with Crippen LogP contribution in [0.25, 0.3) is 0 Å². The molecule has 0 aliphatic rings. The summed E-state index contributed by atoms with van der Waals surface area (Å²) in [5, 5.41) is 0.836. The molecular weight excluding hydrogens is 417 g/mol. The fourth-order valence-electron chi connectivity index (χ4n) is 1.84. The number of thiophene rings is 1. The zero-order chi connectivity index (χ0) is 15.8. The summed E-state index contributed by atoms with van der Waals surface area (Å²) < 4.78 is 28.3. The Morgan fingerprint density at radius 2 is 1.90 bits per heavy atom. The molecule has 0 amide bonds. The van der Waals surface area contributed by atoms with Crippen LogP contribution in [0.3, 0.4) is 0 Å². The number of hydrogen-bond donors (Lipinski definition) is 1. The number of nitrogens with one attached hydrogen (secondary N) is 1. The lowest BCUT2D eigenvalue weighted by Gasteiger charge is -2.15. The summed E-state index contributed by atoms with van der Waals surface area (Å²) in [7, 11) is -3.59. The maximum Gasteiger partial charge on any atom is 0.242 e. The molecule has 2 rings (SSSR count). The van der Waals surface area contributed by atoms with Crippen molar-refractivity contribution in [3.05, 3.63) is 48.5 Å². The van der Waals surface area contributed by atoms with Gasteiger partial charge in [-0.1, -0.05) is 29.3 Å². The molecule has 0 fully saturated rings. The maximum atomic E-state index is 12.4. The zero-order valence-corrected chi connectivity index (χ0v) is 15.9. The van der Waals surface area contributed by atoms with Gasteiger partial charge in [-0.2, -0.15) is 0 Å². The third kappa shape index (κ3) is 4.00.